The van der Waals surface area contributed by atoms with Crippen LogP contribution in [0.15, 0.2) is 36.5 Å². The molecule has 31 heavy (non-hydrogen) atoms. The van der Waals surface area contributed by atoms with E-state index >= 15 is 0 Å². The lowest BCUT2D eigenvalue weighted by molar-refractivity contribution is -0.117. The number of aromatic nitrogens is 3. The lowest BCUT2D eigenvalue weighted by atomic mass is 9.94. The first kappa shape index (κ1) is 21.4. The van der Waals surface area contributed by atoms with Crippen LogP contribution in [0.3, 0.4) is 0 Å². The average Bonchev–Trinajstić information content (AvgIpc) is 3.06. The number of carbonyl (C=O) groups is 1. The topological polar surface area (TPSA) is 83.0 Å². The van der Waals surface area contributed by atoms with Crippen LogP contribution in [0, 0.1) is 20.8 Å². The van der Waals surface area contributed by atoms with Crippen LogP contribution in [0.5, 0.6) is 0 Å². The van der Waals surface area contributed by atoms with Gasteiger partial charge in [-0.15, -0.1) is 11.3 Å². The summed E-state index contributed by atoms with van der Waals surface area (Å²) in [6.07, 6.45) is 3.89. The predicted molar refractivity (Wildman–Crippen MR) is 125 cm³/mol. The van der Waals surface area contributed by atoms with Gasteiger partial charge < -0.3 is 10.6 Å². The molecular weight excluding hydrogens is 408 g/mol. The van der Waals surface area contributed by atoms with Gasteiger partial charge in [-0.2, -0.15) is 0 Å². The van der Waals surface area contributed by atoms with Crippen LogP contribution in [0.1, 0.15) is 40.6 Å². The van der Waals surface area contributed by atoms with Crippen LogP contribution in [0.25, 0.3) is 0 Å². The lowest BCUT2D eigenvalue weighted by Crippen LogP contribution is -2.40. The number of rotatable bonds is 6. The Labute approximate surface area is 187 Å². The Bertz CT molecular complexity index is 1050. The third kappa shape index (κ3) is 5.45. The molecule has 4 heterocycles. The van der Waals surface area contributed by atoms with E-state index in [4.69, 9.17) is 4.98 Å². The molecule has 0 aromatic carbocycles. The van der Waals surface area contributed by atoms with Crippen molar-refractivity contribution in [2.75, 3.05) is 30.3 Å². The van der Waals surface area contributed by atoms with E-state index in [1.807, 2.05) is 45.0 Å². The number of nitrogens with zero attached hydrogens (tertiary/aromatic N) is 4. The molecule has 1 aliphatic rings. The van der Waals surface area contributed by atoms with Gasteiger partial charge in [-0.3, -0.25) is 9.69 Å². The molecule has 1 fully saturated rings. The summed E-state index contributed by atoms with van der Waals surface area (Å²) in [6.45, 7) is 8.12. The molecule has 3 aromatic heterocycles. The van der Waals surface area contributed by atoms with E-state index in [1.54, 1.807) is 6.20 Å². The Kier molecular flexibility index (Phi) is 6.58. The number of nitrogens with one attached hydrogen (secondary N) is 2. The van der Waals surface area contributed by atoms with Crippen molar-refractivity contribution in [1.29, 1.82) is 0 Å². The highest BCUT2D eigenvalue weighted by Gasteiger charge is 2.24. The highest BCUT2D eigenvalue weighted by atomic mass is 32.1. The molecule has 7 nitrogen and oxygen atoms in total. The van der Waals surface area contributed by atoms with E-state index in [1.165, 1.54) is 11.3 Å². The number of hydrogen-bond donors (Lipinski definition) is 2. The van der Waals surface area contributed by atoms with E-state index in [-0.39, 0.29) is 5.91 Å². The zero-order valence-electron chi connectivity index (χ0n) is 18.2. The van der Waals surface area contributed by atoms with Crippen LogP contribution in [-0.2, 0) is 4.79 Å². The third-order valence-corrected chi connectivity index (χ3v) is 6.58. The molecule has 162 valence electrons. The fourth-order valence-electron chi connectivity index (χ4n) is 3.81. The SMILES string of the molecule is Cc1cccnc1Nc1cccc([C@@H]2CCCN(CC(=O)Nc3nc(C)c(C)s3)C2)n1. The highest BCUT2D eigenvalue weighted by molar-refractivity contribution is 7.15. The van der Waals surface area contributed by atoms with E-state index < -0.39 is 0 Å². The summed E-state index contributed by atoms with van der Waals surface area (Å²) in [5, 5.41) is 6.94. The normalized spacial score (nSPS) is 16.8. The van der Waals surface area contributed by atoms with Gasteiger partial charge in [0.15, 0.2) is 5.13 Å². The van der Waals surface area contributed by atoms with Crippen LogP contribution >= 0.6 is 11.3 Å². The third-order valence-electron chi connectivity index (χ3n) is 5.59. The first-order valence-electron chi connectivity index (χ1n) is 10.6. The number of hydrogen-bond acceptors (Lipinski definition) is 7. The number of aryl methyl sites for hydroxylation is 3. The first-order valence-corrected chi connectivity index (χ1v) is 11.4. The van der Waals surface area contributed by atoms with E-state index in [9.17, 15) is 4.79 Å². The number of pyridine rings is 2. The minimum absolute atomic E-state index is 0.0107. The lowest BCUT2D eigenvalue weighted by Gasteiger charge is -2.32. The zero-order chi connectivity index (χ0) is 21.8. The molecule has 2 N–H and O–H groups in total. The molecule has 0 spiro atoms. The number of anilines is 3. The summed E-state index contributed by atoms with van der Waals surface area (Å²) < 4.78 is 0. The van der Waals surface area contributed by atoms with Gasteiger partial charge in [-0.1, -0.05) is 12.1 Å². The second-order valence-electron chi connectivity index (χ2n) is 8.02. The van der Waals surface area contributed by atoms with Crippen molar-refractivity contribution in [3.8, 4) is 0 Å². The van der Waals surface area contributed by atoms with Crippen molar-refractivity contribution < 1.29 is 4.79 Å². The summed E-state index contributed by atoms with van der Waals surface area (Å²) in [6, 6.07) is 10.0. The number of piperidine rings is 1. The summed E-state index contributed by atoms with van der Waals surface area (Å²) in [5.74, 6) is 1.91. The summed E-state index contributed by atoms with van der Waals surface area (Å²) in [5.41, 5.74) is 3.10. The average molecular weight is 437 g/mol. The number of amides is 1. The van der Waals surface area contributed by atoms with Gasteiger partial charge in [0, 0.05) is 29.2 Å². The van der Waals surface area contributed by atoms with Gasteiger partial charge in [-0.05, 0) is 63.9 Å². The minimum atomic E-state index is -0.0107. The molecule has 1 atom stereocenters. The Hall–Kier alpha value is -2.84. The fourth-order valence-corrected chi connectivity index (χ4v) is 4.65. The van der Waals surface area contributed by atoms with Gasteiger partial charge >= 0.3 is 0 Å². The van der Waals surface area contributed by atoms with Crippen molar-refractivity contribution >= 4 is 34.0 Å². The van der Waals surface area contributed by atoms with Gasteiger partial charge in [0.2, 0.25) is 5.91 Å². The van der Waals surface area contributed by atoms with E-state index in [0.717, 1.165) is 59.4 Å². The van der Waals surface area contributed by atoms with Crippen molar-refractivity contribution in [1.82, 2.24) is 19.9 Å². The minimum Gasteiger partial charge on any atom is -0.325 e. The second-order valence-corrected chi connectivity index (χ2v) is 9.23. The molecule has 0 bridgehead atoms. The standard InChI is InChI=1S/C23H28N6OS/c1-15-7-5-11-24-22(15)27-20-10-4-9-19(26-20)18-8-6-12-29(13-18)14-21(30)28-23-25-16(2)17(3)31-23/h4-5,7,9-11,18H,6,8,12-14H2,1-3H3,(H,24,26,27)(H,25,28,30)/t18-/m1/s1. The van der Waals surface area contributed by atoms with Crippen molar-refractivity contribution in [3.63, 3.8) is 0 Å². The number of thiazole rings is 1. The Morgan fingerprint density at radius 2 is 2.06 bits per heavy atom. The van der Waals surface area contributed by atoms with Crippen molar-refractivity contribution in [3.05, 3.63) is 58.4 Å². The van der Waals surface area contributed by atoms with Crippen molar-refractivity contribution in [2.24, 2.45) is 0 Å². The molecule has 8 heteroatoms. The molecule has 0 saturated carbocycles. The Balaban J connectivity index is 1.38. The summed E-state index contributed by atoms with van der Waals surface area (Å²) in [7, 11) is 0. The maximum atomic E-state index is 12.5. The maximum absolute atomic E-state index is 12.5. The van der Waals surface area contributed by atoms with Crippen LogP contribution in [0.2, 0.25) is 0 Å². The molecule has 1 aliphatic heterocycles. The number of likely N-dealkylation sites (tertiary alicyclic amines) is 1. The van der Waals surface area contributed by atoms with E-state index in [2.05, 4.69) is 31.6 Å². The van der Waals surface area contributed by atoms with E-state index in [0.29, 0.717) is 17.6 Å². The molecule has 0 unspecified atom stereocenters. The highest BCUT2D eigenvalue weighted by Crippen LogP contribution is 2.27. The zero-order valence-corrected chi connectivity index (χ0v) is 19.0. The predicted octanol–water partition coefficient (Wildman–Crippen LogP) is 4.42. The molecule has 1 saturated heterocycles. The summed E-state index contributed by atoms with van der Waals surface area (Å²) in [4.78, 5) is 29.5. The fraction of sp³-hybridized carbons (Fsp3) is 0.391. The molecule has 0 aliphatic carbocycles. The van der Waals surface area contributed by atoms with Gasteiger partial charge in [0.05, 0.1) is 12.2 Å². The van der Waals surface area contributed by atoms with Gasteiger partial charge in [0.1, 0.15) is 11.6 Å². The van der Waals surface area contributed by atoms with Crippen LogP contribution < -0.4 is 10.6 Å². The first-order chi connectivity index (χ1) is 15.0. The maximum Gasteiger partial charge on any atom is 0.240 e. The molecular formula is C23H28N6OS. The smallest absolute Gasteiger partial charge is 0.240 e. The largest absolute Gasteiger partial charge is 0.325 e. The molecule has 1 amide bonds. The monoisotopic (exact) mass is 436 g/mol. The number of carbonyl (C=O) groups excluding carboxylic acids is 1. The summed E-state index contributed by atoms with van der Waals surface area (Å²) >= 11 is 1.52. The molecule has 3 aromatic rings. The van der Waals surface area contributed by atoms with Crippen LogP contribution in [-0.4, -0.2) is 45.4 Å². The Morgan fingerprint density at radius 3 is 2.84 bits per heavy atom. The quantitative estimate of drug-likeness (QED) is 0.595. The molecule has 4 rings (SSSR count). The van der Waals surface area contributed by atoms with Crippen molar-refractivity contribution in [2.45, 2.75) is 39.5 Å². The second kappa shape index (κ2) is 9.53. The van der Waals surface area contributed by atoms with Gasteiger partial charge in [-0.25, -0.2) is 15.0 Å². The molecule has 0 radical (unpaired) electrons. The van der Waals surface area contributed by atoms with Crippen LogP contribution in [0.4, 0.5) is 16.8 Å². The Morgan fingerprint density at radius 1 is 1.19 bits per heavy atom. The van der Waals surface area contributed by atoms with Gasteiger partial charge in [0.25, 0.3) is 0 Å².